The van der Waals surface area contributed by atoms with Crippen LogP contribution in [0, 0.1) is 13.8 Å². The van der Waals surface area contributed by atoms with Crippen molar-refractivity contribution >= 4 is 28.3 Å². The van der Waals surface area contributed by atoms with Crippen molar-refractivity contribution in [2.75, 3.05) is 25.0 Å². The van der Waals surface area contributed by atoms with Crippen LogP contribution in [0.15, 0.2) is 70.5 Å². The summed E-state index contributed by atoms with van der Waals surface area (Å²) in [7, 11) is 0.632. The van der Waals surface area contributed by atoms with Crippen molar-refractivity contribution in [1.82, 2.24) is 10.2 Å². The summed E-state index contributed by atoms with van der Waals surface area (Å²) in [6, 6.07) is 19.1. The van der Waals surface area contributed by atoms with Gasteiger partial charge in [-0.15, -0.1) is 0 Å². The predicted octanol–water partition coefficient (Wildman–Crippen LogP) is 6.01. The normalized spacial score (nSPS) is 17.4. The van der Waals surface area contributed by atoms with E-state index in [1.54, 1.807) is 47.4 Å². The highest BCUT2D eigenvalue weighted by Crippen LogP contribution is 2.36. The first kappa shape index (κ1) is 28.2. The topological polar surface area (TPSA) is 69.7 Å². The zero-order valence-corrected chi connectivity index (χ0v) is 24.6. The zero-order chi connectivity index (χ0) is 28.2. The SMILES string of the molecule is Cc1ccc(C)c(CN2C(=O)c3ccccc3[S@@](=O)c3ccc(C(=O)NCCCN(C)C4CCCCC4)cc32)c1. The third kappa shape index (κ3) is 6.06. The summed E-state index contributed by atoms with van der Waals surface area (Å²) >= 11 is 0. The third-order valence-corrected chi connectivity index (χ3v) is 9.78. The number of benzene rings is 3. The second kappa shape index (κ2) is 12.5. The minimum absolute atomic E-state index is 0.185. The molecule has 1 fully saturated rings. The first-order chi connectivity index (χ1) is 19.3. The number of amides is 2. The van der Waals surface area contributed by atoms with Crippen molar-refractivity contribution in [1.29, 1.82) is 0 Å². The fraction of sp³-hybridized carbons (Fsp3) is 0.394. The van der Waals surface area contributed by atoms with E-state index in [0.717, 1.165) is 29.7 Å². The lowest BCUT2D eigenvalue weighted by molar-refractivity contribution is 0.0947. The Bertz CT molecular complexity index is 1430. The molecular formula is C33H39N3O3S. The van der Waals surface area contributed by atoms with Gasteiger partial charge in [0.05, 0.1) is 38.4 Å². The van der Waals surface area contributed by atoms with Gasteiger partial charge in [0.15, 0.2) is 0 Å². The molecule has 0 unspecified atom stereocenters. The van der Waals surface area contributed by atoms with Crippen LogP contribution in [0.2, 0.25) is 0 Å². The first-order valence-corrected chi connectivity index (χ1v) is 15.5. The largest absolute Gasteiger partial charge is 0.352 e. The Morgan fingerprint density at radius 2 is 1.77 bits per heavy atom. The van der Waals surface area contributed by atoms with Gasteiger partial charge in [-0.2, -0.15) is 0 Å². The molecule has 3 aromatic rings. The van der Waals surface area contributed by atoms with Crippen LogP contribution in [-0.4, -0.2) is 47.1 Å². The van der Waals surface area contributed by atoms with Gasteiger partial charge < -0.3 is 15.1 Å². The molecule has 1 heterocycles. The monoisotopic (exact) mass is 557 g/mol. The summed E-state index contributed by atoms with van der Waals surface area (Å²) in [5.74, 6) is -0.401. The van der Waals surface area contributed by atoms with E-state index in [2.05, 4.69) is 35.5 Å². The van der Waals surface area contributed by atoms with Gasteiger partial charge in [-0.05, 0) is 88.2 Å². The Labute approximate surface area is 240 Å². The lowest BCUT2D eigenvalue weighted by Crippen LogP contribution is -2.36. The van der Waals surface area contributed by atoms with Crippen molar-refractivity contribution in [2.24, 2.45) is 0 Å². The van der Waals surface area contributed by atoms with Gasteiger partial charge in [0, 0.05) is 18.2 Å². The van der Waals surface area contributed by atoms with Gasteiger partial charge in [-0.25, -0.2) is 4.21 Å². The highest BCUT2D eigenvalue weighted by atomic mass is 32.2. The summed E-state index contributed by atoms with van der Waals surface area (Å²) < 4.78 is 13.7. The van der Waals surface area contributed by atoms with Gasteiger partial charge in [0.25, 0.3) is 11.8 Å². The molecule has 0 spiro atoms. The minimum Gasteiger partial charge on any atom is -0.352 e. The molecule has 1 atom stereocenters. The van der Waals surface area contributed by atoms with Crippen molar-refractivity contribution in [3.05, 3.63) is 88.5 Å². The number of anilines is 1. The number of nitrogens with one attached hydrogen (secondary N) is 1. The van der Waals surface area contributed by atoms with E-state index in [4.69, 9.17) is 0 Å². The molecule has 0 aromatic heterocycles. The smallest absolute Gasteiger partial charge is 0.259 e. The van der Waals surface area contributed by atoms with E-state index in [1.807, 2.05) is 13.8 Å². The molecule has 7 heteroatoms. The second-order valence-corrected chi connectivity index (χ2v) is 12.6. The lowest BCUT2D eigenvalue weighted by Gasteiger charge is -2.31. The van der Waals surface area contributed by atoms with E-state index in [1.165, 1.54) is 32.1 Å². The summed E-state index contributed by atoms with van der Waals surface area (Å²) in [6.45, 7) is 5.91. The fourth-order valence-electron chi connectivity index (χ4n) is 5.84. The molecule has 2 amide bonds. The zero-order valence-electron chi connectivity index (χ0n) is 23.7. The van der Waals surface area contributed by atoms with Gasteiger partial charge in [0.2, 0.25) is 0 Å². The molecule has 3 aromatic carbocycles. The number of hydrogen-bond acceptors (Lipinski definition) is 4. The molecule has 1 aliphatic heterocycles. The standard InChI is InChI=1S/C33H39N3O3S/c1-23-14-15-24(2)26(20-23)22-36-29-21-25(32(37)34-18-9-19-35(3)27-10-5-4-6-11-27)16-17-31(29)40(39)30-13-8-7-12-28(30)33(36)38/h7-8,12-17,20-21,27H,4-6,9-11,18-19,22H2,1-3H3,(H,34,37)/t40-/m1/s1. The minimum atomic E-state index is -1.55. The number of rotatable bonds is 8. The van der Waals surface area contributed by atoms with Crippen LogP contribution < -0.4 is 10.2 Å². The maximum Gasteiger partial charge on any atom is 0.259 e. The van der Waals surface area contributed by atoms with Crippen LogP contribution in [0.4, 0.5) is 5.69 Å². The molecule has 1 saturated carbocycles. The van der Waals surface area contributed by atoms with Crippen molar-refractivity contribution in [3.8, 4) is 0 Å². The maximum absolute atomic E-state index is 13.9. The Balaban J connectivity index is 1.38. The Kier molecular flexibility index (Phi) is 8.81. The number of carbonyl (C=O) groups excluding carboxylic acids is 2. The number of hydrogen-bond donors (Lipinski definition) is 1. The number of aryl methyl sites for hydroxylation is 2. The van der Waals surface area contributed by atoms with E-state index >= 15 is 0 Å². The summed E-state index contributed by atoms with van der Waals surface area (Å²) in [5.41, 5.74) is 4.60. The molecule has 6 nitrogen and oxygen atoms in total. The van der Waals surface area contributed by atoms with Crippen LogP contribution in [0.1, 0.15) is 75.9 Å². The van der Waals surface area contributed by atoms with Gasteiger partial charge in [0.1, 0.15) is 0 Å². The molecule has 210 valence electrons. The quantitative estimate of drug-likeness (QED) is 0.344. The molecule has 1 aliphatic carbocycles. The van der Waals surface area contributed by atoms with Gasteiger partial charge in [-0.1, -0.05) is 55.2 Å². The highest BCUT2D eigenvalue weighted by Gasteiger charge is 2.32. The van der Waals surface area contributed by atoms with Gasteiger partial charge >= 0.3 is 0 Å². The lowest BCUT2D eigenvalue weighted by atomic mass is 9.94. The molecule has 0 radical (unpaired) electrons. The molecule has 2 aliphatic rings. The molecule has 1 N–H and O–H groups in total. The van der Waals surface area contributed by atoms with Crippen molar-refractivity contribution in [2.45, 2.75) is 74.7 Å². The number of nitrogens with zero attached hydrogens (tertiary/aromatic N) is 2. The Hall–Kier alpha value is -3.29. The van der Waals surface area contributed by atoms with E-state index in [0.29, 0.717) is 45.7 Å². The van der Waals surface area contributed by atoms with Crippen LogP contribution in [0.5, 0.6) is 0 Å². The average molecular weight is 558 g/mol. The van der Waals surface area contributed by atoms with E-state index in [9.17, 15) is 13.8 Å². The number of carbonyl (C=O) groups is 2. The second-order valence-electron chi connectivity index (χ2n) is 11.2. The number of fused-ring (bicyclic) bond motifs is 2. The summed E-state index contributed by atoms with van der Waals surface area (Å²) in [5, 5.41) is 3.06. The Morgan fingerprint density at radius 3 is 2.58 bits per heavy atom. The third-order valence-electron chi connectivity index (χ3n) is 8.28. The maximum atomic E-state index is 13.9. The highest BCUT2D eigenvalue weighted by molar-refractivity contribution is 7.85. The molecule has 0 saturated heterocycles. The average Bonchev–Trinajstić information content (AvgIpc) is 3.06. The Morgan fingerprint density at radius 1 is 1.00 bits per heavy atom. The molecular weight excluding hydrogens is 518 g/mol. The fourth-order valence-corrected chi connectivity index (χ4v) is 7.18. The van der Waals surface area contributed by atoms with Crippen LogP contribution in [0.25, 0.3) is 0 Å². The molecule has 0 bridgehead atoms. The van der Waals surface area contributed by atoms with E-state index < -0.39 is 10.8 Å². The van der Waals surface area contributed by atoms with Gasteiger partial charge in [-0.3, -0.25) is 9.59 Å². The van der Waals surface area contributed by atoms with Crippen molar-refractivity contribution < 1.29 is 13.8 Å². The summed E-state index contributed by atoms with van der Waals surface area (Å²) in [6.07, 6.45) is 7.36. The molecule has 5 rings (SSSR count). The van der Waals surface area contributed by atoms with Crippen LogP contribution in [0.3, 0.4) is 0 Å². The molecule has 40 heavy (non-hydrogen) atoms. The van der Waals surface area contributed by atoms with Crippen molar-refractivity contribution in [3.63, 3.8) is 0 Å². The van der Waals surface area contributed by atoms with Crippen LogP contribution >= 0.6 is 0 Å². The summed E-state index contributed by atoms with van der Waals surface area (Å²) in [4.78, 5) is 32.3. The predicted molar refractivity (Wildman–Crippen MR) is 160 cm³/mol. The van der Waals surface area contributed by atoms with E-state index in [-0.39, 0.29) is 11.8 Å². The first-order valence-electron chi connectivity index (χ1n) is 14.3. The van der Waals surface area contributed by atoms with Crippen LogP contribution in [-0.2, 0) is 17.3 Å².